The van der Waals surface area contributed by atoms with E-state index < -0.39 is 5.41 Å². The molecule has 1 heteroatoms. The molecule has 0 radical (unpaired) electrons. The van der Waals surface area contributed by atoms with E-state index in [0.29, 0.717) is 0 Å². The molecule has 244 valence electrons. The molecule has 1 aliphatic rings. The van der Waals surface area contributed by atoms with E-state index in [1.165, 1.54) is 66.1 Å². The highest BCUT2D eigenvalue weighted by molar-refractivity contribution is 6.09. The zero-order chi connectivity index (χ0) is 34.5. The minimum atomic E-state index is -0.527. The van der Waals surface area contributed by atoms with E-state index in [0.717, 1.165) is 17.1 Å². The minimum absolute atomic E-state index is 0.527. The van der Waals surface area contributed by atoms with E-state index in [1.54, 1.807) is 0 Å². The predicted octanol–water partition coefficient (Wildman–Crippen LogP) is 13.5. The van der Waals surface area contributed by atoms with Crippen LogP contribution >= 0.6 is 0 Å². The summed E-state index contributed by atoms with van der Waals surface area (Å²) in [4.78, 5) is 2.45. The fourth-order valence-electron chi connectivity index (χ4n) is 8.66. The number of benzene rings is 9. The highest BCUT2D eigenvalue weighted by Gasteiger charge is 2.47. The molecule has 0 N–H and O–H groups in total. The van der Waals surface area contributed by atoms with Gasteiger partial charge in [-0.15, -0.1) is 0 Å². The first-order chi connectivity index (χ1) is 25.8. The van der Waals surface area contributed by atoms with Crippen LogP contribution in [-0.2, 0) is 5.41 Å². The summed E-state index contributed by atoms with van der Waals surface area (Å²) in [6.07, 6.45) is 0. The maximum Gasteiger partial charge on any atom is 0.0719 e. The lowest BCUT2D eigenvalue weighted by molar-refractivity contribution is 0.775. The maximum atomic E-state index is 2.47. The van der Waals surface area contributed by atoms with E-state index in [4.69, 9.17) is 0 Å². The number of fused-ring (bicyclic) bond motifs is 6. The molecule has 9 aromatic carbocycles. The fourth-order valence-corrected chi connectivity index (χ4v) is 8.66. The van der Waals surface area contributed by atoms with Gasteiger partial charge in [0.1, 0.15) is 0 Å². The van der Waals surface area contributed by atoms with Gasteiger partial charge in [-0.1, -0.05) is 176 Å². The second-order valence-corrected chi connectivity index (χ2v) is 13.7. The van der Waals surface area contributed by atoms with Gasteiger partial charge in [0, 0.05) is 16.8 Å². The van der Waals surface area contributed by atoms with Crippen LogP contribution in [-0.4, -0.2) is 0 Å². The van der Waals surface area contributed by atoms with Crippen molar-refractivity contribution in [3.05, 3.63) is 235 Å². The van der Waals surface area contributed by atoms with Crippen LogP contribution in [0.15, 0.2) is 212 Å². The summed E-state index contributed by atoms with van der Waals surface area (Å²) < 4.78 is 0. The first-order valence-electron chi connectivity index (χ1n) is 18.0. The van der Waals surface area contributed by atoms with Crippen molar-refractivity contribution in [2.45, 2.75) is 5.41 Å². The first-order valence-corrected chi connectivity index (χ1v) is 18.0. The zero-order valence-electron chi connectivity index (χ0n) is 28.7. The molecule has 9 aromatic rings. The van der Waals surface area contributed by atoms with Crippen LogP contribution in [0.5, 0.6) is 0 Å². The molecule has 0 fully saturated rings. The van der Waals surface area contributed by atoms with E-state index in [2.05, 4.69) is 217 Å². The smallest absolute Gasteiger partial charge is 0.0719 e. The standard InChI is InChI=1S/C51H35N/c1-5-17-36(18-6-1)39-30-32-48-46(34-39)47-35-49(52(42-25-11-4-12-26-42)43-31-29-37-19-13-14-20-38(37)33-43)44-27-15-16-28-45(44)50(47)51(48,40-21-7-2-8-22-40)41-23-9-3-10-24-41/h1-35H. The number of hydrogen-bond acceptors (Lipinski definition) is 1. The topological polar surface area (TPSA) is 3.24 Å². The van der Waals surface area contributed by atoms with Gasteiger partial charge in [-0.3, -0.25) is 0 Å². The summed E-state index contributed by atoms with van der Waals surface area (Å²) in [5.41, 5.74) is 13.0. The minimum Gasteiger partial charge on any atom is -0.310 e. The average Bonchev–Trinajstić information content (AvgIpc) is 3.53. The van der Waals surface area contributed by atoms with Crippen LogP contribution in [0.4, 0.5) is 17.1 Å². The number of para-hydroxylation sites is 1. The molecule has 0 amide bonds. The van der Waals surface area contributed by atoms with E-state index in [9.17, 15) is 0 Å². The second kappa shape index (κ2) is 12.3. The van der Waals surface area contributed by atoms with E-state index in [1.807, 2.05) is 0 Å². The van der Waals surface area contributed by atoms with Crippen molar-refractivity contribution in [3.63, 3.8) is 0 Å². The molecule has 10 rings (SSSR count). The van der Waals surface area contributed by atoms with E-state index in [-0.39, 0.29) is 0 Å². The molecule has 0 atom stereocenters. The Morgan fingerprint density at radius 1 is 0.346 bits per heavy atom. The molecule has 0 aliphatic heterocycles. The summed E-state index contributed by atoms with van der Waals surface area (Å²) in [5.74, 6) is 0. The van der Waals surface area contributed by atoms with Gasteiger partial charge in [-0.25, -0.2) is 0 Å². The molecular formula is C51H35N. The highest BCUT2D eigenvalue weighted by atomic mass is 15.1. The Labute approximate surface area is 304 Å². The summed E-state index contributed by atoms with van der Waals surface area (Å²) in [7, 11) is 0. The lowest BCUT2D eigenvalue weighted by Crippen LogP contribution is -2.29. The lowest BCUT2D eigenvalue weighted by Gasteiger charge is -2.35. The van der Waals surface area contributed by atoms with Crippen LogP contribution in [0.2, 0.25) is 0 Å². The van der Waals surface area contributed by atoms with Crippen LogP contribution in [0.1, 0.15) is 22.3 Å². The third-order valence-electron chi connectivity index (χ3n) is 10.9. The molecule has 0 spiro atoms. The highest BCUT2D eigenvalue weighted by Crippen LogP contribution is 2.60. The summed E-state index contributed by atoms with van der Waals surface area (Å²) in [5, 5.41) is 4.92. The second-order valence-electron chi connectivity index (χ2n) is 13.7. The SMILES string of the molecule is c1ccc(-c2ccc3c(c2)-c2cc(N(c4ccccc4)c4ccc5ccccc5c4)c4ccccc4c2C3(c2ccccc2)c2ccccc2)cc1. The molecule has 0 saturated heterocycles. The third kappa shape index (κ3) is 4.63. The number of nitrogens with zero attached hydrogens (tertiary/aromatic N) is 1. The quantitative estimate of drug-likeness (QED) is 0.171. The number of hydrogen-bond donors (Lipinski definition) is 0. The molecule has 0 unspecified atom stereocenters. The van der Waals surface area contributed by atoms with Gasteiger partial charge in [-0.05, 0) is 97.1 Å². The molecule has 52 heavy (non-hydrogen) atoms. The van der Waals surface area contributed by atoms with Gasteiger partial charge in [0.2, 0.25) is 0 Å². The van der Waals surface area contributed by atoms with Gasteiger partial charge < -0.3 is 4.90 Å². The Balaban J connectivity index is 1.35. The van der Waals surface area contributed by atoms with Gasteiger partial charge in [0.25, 0.3) is 0 Å². The molecule has 1 nitrogen and oxygen atoms in total. The molecule has 0 saturated carbocycles. The first kappa shape index (κ1) is 30.2. The maximum absolute atomic E-state index is 2.47. The van der Waals surface area contributed by atoms with Gasteiger partial charge in [0.05, 0.1) is 11.1 Å². The van der Waals surface area contributed by atoms with Gasteiger partial charge >= 0.3 is 0 Å². The monoisotopic (exact) mass is 661 g/mol. The average molecular weight is 662 g/mol. The molecule has 0 heterocycles. The number of rotatable bonds is 6. The zero-order valence-corrected chi connectivity index (χ0v) is 28.7. The number of anilines is 3. The largest absolute Gasteiger partial charge is 0.310 e. The molecule has 0 bridgehead atoms. The molecule has 0 aromatic heterocycles. The van der Waals surface area contributed by atoms with Crippen molar-refractivity contribution in [1.82, 2.24) is 0 Å². The summed E-state index contributed by atoms with van der Waals surface area (Å²) in [6, 6.07) is 77.9. The van der Waals surface area contributed by atoms with Crippen molar-refractivity contribution < 1.29 is 0 Å². The Kier molecular flexibility index (Phi) is 7.11. The van der Waals surface area contributed by atoms with Crippen LogP contribution < -0.4 is 4.90 Å². The van der Waals surface area contributed by atoms with Crippen molar-refractivity contribution in [1.29, 1.82) is 0 Å². The Morgan fingerprint density at radius 3 is 1.62 bits per heavy atom. The van der Waals surface area contributed by atoms with Crippen molar-refractivity contribution in [2.75, 3.05) is 4.90 Å². The summed E-state index contributed by atoms with van der Waals surface area (Å²) in [6.45, 7) is 0. The van der Waals surface area contributed by atoms with Crippen molar-refractivity contribution >= 4 is 38.6 Å². The van der Waals surface area contributed by atoms with Crippen LogP contribution in [0.3, 0.4) is 0 Å². The Hall–Kier alpha value is -6.70. The lowest BCUT2D eigenvalue weighted by atomic mass is 9.66. The Morgan fingerprint density at radius 2 is 0.923 bits per heavy atom. The predicted molar refractivity (Wildman–Crippen MR) is 219 cm³/mol. The molecule has 1 aliphatic carbocycles. The van der Waals surface area contributed by atoms with Crippen LogP contribution in [0, 0.1) is 0 Å². The van der Waals surface area contributed by atoms with Crippen molar-refractivity contribution in [2.24, 2.45) is 0 Å². The molecular weight excluding hydrogens is 627 g/mol. The van der Waals surface area contributed by atoms with Gasteiger partial charge in [0.15, 0.2) is 0 Å². The Bertz CT molecular complexity index is 2680. The van der Waals surface area contributed by atoms with Gasteiger partial charge in [-0.2, -0.15) is 0 Å². The van der Waals surface area contributed by atoms with Crippen molar-refractivity contribution in [3.8, 4) is 22.3 Å². The fraction of sp³-hybridized carbons (Fsp3) is 0.0196. The normalized spacial score (nSPS) is 12.8. The summed E-state index contributed by atoms with van der Waals surface area (Å²) >= 11 is 0. The van der Waals surface area contributed by atoms with E-state index >= 15 is 0 Å². The third-order valence-corrected chi connectivity index (χ3v) is 10.9. The van der Waals surface area contributed by atoms with Crippen LogP contribution in [0.25, 0.3) is 43.8 Å².